The molecule has 98 valence electrons. The highest BCUT2D eigenvalue weighted by atomic mass is 31.2. The Bertz CT molecular complexity index is 148. The van der Waals surface area contributed by atoms with Crippen LogP contribution in [0.2, 0.25) is 0 Å². The first kappa shape index (κ1) is 16.3. The first-order chi connectivity index (χ1) is 7.66. The van der Waals surface area contributed by atoms with Gasteiger partial charge in [0.05, 0.1) is 6.61 Å². The second-order valence-corrected chi connectivity index (χ2v) is 5.57. The van der Waals surface area contributed by atoms with E-state index >= 15 is 0 Å². The van der Waals surface area contributed by atoms with Gasteiger partial charge >= 0.3 is 0 Å². The van der Waals surface area contributed by atoms with Crippen LogP contribution in [0, 0.1) is 0 Å². The van der Waals surface area contributed by atoms with Crippen LogP contribution in [-0.2, 0) is 9.05 Å². The molecular weight excluding hydrogens is 223 g/mol. The maximum atomic E-state index is 5.46. The van der Waals surface area contributed by atoms with Gasteiger partial charge in [-0.3, -0.25) is 0 Å². The molecule has 5 heteroatoms. The Kier molecular flexibility index (Phi) is 11.9. The van der Waals surface area contributed by atoms with Crippen LogP contribution in [0.15, 0.2) is 0 Å². The Morgan fingerprint density at radius 3 is 2.44 bits per heavy atom. The quantitative estimate of drug-likeness (QED) is 0.448. The maximum Gasteiger partial charge on any atom is 0.166 e. The molecule has 0 aliphatic carbocycles. The van der Waals surface area contributed by atoms with Crippen molar-refractivity contribution in [2.45, 2.75) is 19.3 Å². The first-order valence-electron chi connectivity index (χ1n) is 5.93. The predicted molar refractivity (Wildman–Crippen MR) is 71.1 cm³/mol. The van der Waals surface area contributed by atoms with Gasteiger partial charge in [0, 0.05) is 13.8 Å². The van der Waals surface area contributed by atoms with Gasteiger partial charge in [-0.2, -0.15) is 0 Å². The lowest BCUT2D eigenvalue weighted by Gasteiger charge is -2.10. The summed E-state index contributed by atoms with van der Waals surface area (Å²) in [5, 5.41) is 3.43. The van der Waals surface area contributed by atoms with Crippen molar-refractivity contribution in [3.8, 4) is 0 Å². The van der Waals surface area contributed by atoms with E-state index in [1.54, 1.807) is 7.11 Å². The van der Waals surface area contributed by atoms with Crippen LogP contribution < -0.4 is 5.32 Å². The topological polar surface area (TPSA) is 33.7 Å². The summed E-state index contributed by atoms with van der Waals surface area (Å²) in [4.78, 5) is 2.21. The molecule has 0 radical (unpaired) electrons. The van der Waals surface area contributed by atoms with Gasteiger partial charge in [-0.25, -0.2) is 0 Å². The molecule has 0 aliphatic heterocycles. The molecule has 1 unspecified atom stereocenters. The summed E-state index contributed by atoms with van der Waals surface area (Å²) < 4.78 is 10.5. The van der Waals surface area contributed by atoms with E-state index in [1.807, 2.05) is 6.66 Å². The molecule has 0 spiro atoms. The molecule has 0 amide bonds. The van der Waals surface area contributed by atoms with Crippen LogP contribution in [0.25, 0.3) is 0 Å². The Morgan fingerprint density at radius 1 is 1.12 bits per heavy atom. The second-order valence-electron chi connectivity index (χ2n) is 4.07. The van der Waals surface area contributed by atoms with Crippen molar-refractivity contribution in [2.75, 3.05) is 54.1 Å². The molecular formula is C11H27N2O2P. The number of hydrogen-bond donors (Lipinski definition) is 1. The normalized spacial score (nSPS) is 13.3. The van der Waals surface area contributed by atoms with Crippen molar-refractivity contribution in [1.82, 2.24) is 10.2 Å². The highest BCUT2D eigenvalue weighted by molar-refractivity contribution is 7.46. The smallest absolute Gasteiger partial charge is 0.166 e. The third-order valence-corrected chi connectivity index (χ3v) is 3.30. The lowest BCUT2D eigenvalue weighted by molar-refractivity contribution is 0.280. The van der Waals surface area contributed by atoms with Gasteiger partial charge in [-0.05, 0) is 53.0 Å². The second kappa shape index (κ2) is 11.7. The van der Waals surface area contributed by atoms with Crippen LogP contribution in [0.3, 0.4) is 0 Å². The molecule has 0 aromatic heterocycles. The van der Waals surface area contributed by atoms with Gasteiger partial charge in [-0.1, -0.05) is 0 Å². The Balaban J connectivity index is 2.99. The van der Waals surface area contributed by atoms with Gasteiger partial charge in [-0.15, -0.1) is 0 Å². The monoisotopic (exact) mass is 250 g/mol. The molecule has 0 fully saturated rings. The summed E-state index contributed by atoms with van der Waals surface area (Å²) in [6.07, 6.45) is 3.50. The maximum absolute atomic E-state index is 5.46. The van der Waals surface area contributed by atoms with Gasteiger partial charge in [0.25, 0.3) is 0 Å². The van der Waals surface area contributed by atoms with Crippen molar-refractivity contribution in [3.05, 3.63) is 0 Å². The van der Waals surface area contributed by atoms with Crippen molar-refractivity contribution >= 4 is 8.38 Å². The predicted octanol–water partition coefficient (Wildman–Crippen LogP) is 1.91. The third kappa shape index (κ3) is 12.3. The summed E-state index contributed by atoms with van der Waals surface area (Å²) in [6.45, 7) is 6.15. The zero-order chi connectivity index (χ0) is 12.2. The van der Waals surface area contributed by atoms with Gasteiger partial charge < -0.3 is 19.3 Å². The molecule has 0 rings (SSSR count). The van der Waals surface area contributed by atoms with Crippen molar-refractivity contribution < 1.29 is 9.05 Å². The average Bonchev–Trinajstić information content (AvgIpc) is 2.26. The van der Waals surface area contributed by atoms with Crippen LogP contribution >= 0.6 is 8.38 Å². The molecule has 0 bridgehead atoms. The van der Waals surface area contributed by atoms with Crippen LogP contribution in [0.4, 0.5) is 0 Å². The molecule has 1 N–H and O–H groups in total. The first-order valence-corrected chi connectivity index (χ1v) is 7.55. The SMILES string of the molecule is COP(C)OCCCCNCCCN(C)C. The molecule has 0 aliphatic rings. The number of nitrogens with one attached hydrogen (secondary N) is 1. The van der Waals surface area contributed by atoms with Gasteiger partial charge in [0.15, 0.2) is 8.38 Å². The minimum Gasteiger partial charge on any atom is -0.338 e. The molecule has 4 nitrogen and oxygen atoms in total. The van der Waals surface area contributed by atoms with E-state index in [0.717, 1.165) is 32.7 Å². The minimum atomic E-state index is -0.642. The number of hydrogen-bond acceptors (Lipinski definition) is 4. The van der Waals surface area contributed by atoms with Gasteiger partial charge in [0.2, 0.25) is 0 Å². The van der Waals surface area contributed by atoms with Crippen LogP contribution in [0.5, 0.6) is 0 Å². The molecule has 16 heavy (non-hydrogen) atoms. The third-order valence-electron chi connectivity index (χ3n) is 2.24. The molecule has 0 aromatic rings. The summed E-state index contributed by atoms with van der Waals surface area (Å²) in [7, 11) is 5.27. The highest BCUT2D eigenvalue weighted by Gasteiger charge is 1.98. The molecule has 0 heterocycles. The van der Waals surface area contributed by atoms with Crippen molar-refractivity contribution in [2.24, 2.45) is 0 Å². The minimum absolute atomic E-state index is 0.642. The van der Waals surface area contributed by atoms with Gasteiger partial charge in [0.1, 0.15) is 0 Å². The molecule has 0 saturated carbocycles. The number of nitrogens with zero attached hydrogens (tertiary/aromatic N) is 1. The van der Waals surface area contributed by atoms with Crippen molar-refractivity contribution in [3.63, 3.8) is 0 Å². The summed E-state index contributed by atoms with van der Waals surface area (Å²) in [6, 6.07) is 0. The molecule has 0 saturated heterocycles. The fourth-order valence-corrected chi connectivity index (χ4v) is 1.73. The lowest BCUT2D eigenvalue weighted by atomic mass is 10.3. The summed E-state index contributed by atoms with van der Waals surface area (Å²) in [5.41, 5.74) is 0. The van der Waals surface area contributed by atoms with Crippen LogP contribution in [0.1, 0.15) is 19.3 Å². The molecule has 1 atom stereocenters. The summed E-state index contributed by atoms with van der Waals surface area (Å²) >= 11 is 0. The van der Waals surface area contributed by atoms with E-state index in [9.17, 15) is 0 Å². The van der Waals surface area contributed by atoms with Crippen molar-refractivity contribution in [1.29, 1.82) is 0 Å². The van der Waals surface area contributed by atoms with E-state index in [-0.39, 0.29) is 0 Å². The number of rotatable bonds is 11. The zero-order valence-corrected chi connectivity index (χ0v) is 12.1. The Labute approximate surface area is 102 Å². The van der Waals surface area contributed by atoms with E-state index in [0.29, 0.717) is 0 Å². The zero-order valence-electron chi connectivity index (χ0n) is 11.2. The fourth-order valence-electron chi connectivity index (χ4n) is 1.24. The standard InChI is InChI=1S/C11H27N2O2P/c1-13(2)10-7-9-12-8-5-6-11-15-16(4)14-3/h12H,5-11H2,1-4H3. The Hall–Kier alpha value is 0.270. The summed E-state index contributed by atoms with van der Waals surface area (Å²) in [5.74, 6) is 0. The largest absolute Gasteiger partial charge is 0.338 e. The average molecular weight is 250 g/mol. The van der Waals surface area contributed by atoms with E-state index < -0.39 is 8.38 Å². The van der Waals surface area contributed by atoms with E-state index in [4.69, 9.17) is 9.05 Å². The Morgan fingerprint density at radius 2 is 1.81 bits per heavy atom. The number of unbranched alkanes of at least 4 members (excludes halogenated alkanes) is 1. The molecule has 0 aromatic carbocycles. The fraction of sp³-hybridized carbons (Fsp3) is 1.00. The van der Waals surface area contributed by atoms with E-state index in [2.05, 4.69) is 24.3 Å². The van der Waals surface area contributed by atoms with E-state index in [1.165, 1.54) is 12.8 Å². The lowest BCUT2D eigenvalue weighted by Crippen LogP contribution is -2.22. The highest BCUT2D eigenvalue weighted by Crippen LogP contribution is 2.31. The van der Waals surface area contributed by atoms with Crippen LogP contribution in [-0.4, -0.2) is 59.0 Å².